The molecular formula is C12H13ClN2O3. The minimum absolute atomic E-state index is 0.263. The van der Waals surface area contributed by atoms with Crippen molar-refractivity contribution >= 4 is 29.2 Å². The number of aryl methyl sites for hydroxylation is 1. The van der Waals surface area contributed by atoms with E-state index in [2.05, 4.69) is 5.32 Å². The van der Waals surface area contributed by atoms with Crippen LogP contribution in [0, 0.1) is 6.92 Å². The molecule has 0 spiro atoms. The number of urea groups is 1. The molecule has 18 heavy (non-hydrogen) atoms. The van der Waals surface area contributed by atoms with Gasteiger partial charge in [0, 0.05) is 24.1 Å². The van der Waals surface area contributed by atoms with Crippen LogP contribution in [0.2, 0.25) is 5.02 Å². The number of benzene rings is 1. The fourth-order valence-corrected chi connectivity index (χ4v) is 1.97. The minimum Gasteiger partial charge on any atom is -0.495 e. The molecule has 1 saturated heterocycles. The van der Waals surface area contributed by atoms with Gasteiger partial charge in [0.15, 0.2) is 0 Å². The highest BCUT2D eigenvalue weighted by molar-refractivity contribution is 6.31. The van der Waals surface area contributed by atoms with Gasteiger partial charge in [-0.25, -0.2) is 4.79 Å². The Morgan fingerprint density at radius 1 is 1.39 bits per heavy atom. The molecule has 1 heterocycles. The molecule has 0 radical (unpaired) electrons. The molecule has 0 atom stereocenters. The van der Waals surface area contributed by atoms with E-state index in [1.54, 1.807) is 12.1 Å². The molecule has 0 unspecified atom stereocenters. The SMILES string of the molecule is COc1cc(Cl)c(C)cc1N1CCC(=O)NC1=O. The molecule has 1 aromatic rings. The number of ether oxygens (including phenoxy) is 1. The zero-order valence-electron chi connectivity index (χ0n) is 10.1. The first-order valence-corrected chi connectivity index (χ1v) is 5.86. The van der Waals surface area contributed by atoms with E-state index in [-0.39, 0.29) is 12.3 Å². The summed E-state index contributed by atoms with van der Waals surface area (Å²) >= 11 is 6.01. The summed E-state index contributed by atoms with van der Waals surface area (Å²) in [6, 6.07) is 3.00. The third-order valence-corrected chi connectivity index (χ3v) is 3.21. The second-order valence-electron chi connectivity index (χ2n) is 4.03. The summed E-state index contributed by atoms with van der Waals surface area (Å²) in [4.78, 5) is 24.4. The molecule has 0 bridgehead atoms. The van der Waals surface area contributed by atoms with E-state index in [1.807, 2.05) is 6.92 Å². The first kappa shape index (κ1) is 12.7. The number of hydrogen-bond acceptors (Lipinski definition) is 3. The highest BCUT2D eigenvalue weighted by Crippen LogP contribution is 2.34. The molecule has 3 amide bonds. The van der Waals surface area contributed by atoms with Crippen molar-refractivity contribution in [2.45, 2.75) is 13.3 Å². The molecule has 1 N–H and O–H groups in total. The average Bonchev–Trinajstić information content (AvgIpc) is 2.32. The summed E-state index contributed by atoms with van der Waals surface area (Å²) in [6.45, 7) is 2.18. The van der Waals surface area contributed by atoms with Crippen molar-refractivity contribution in [3.8, 4) is 5.75 Å². The minimum atomic E-state index is -0.439. The molecule has 0 aliphatic carbocycles. The molecule has 1 aliphatic rings. The van der Waals surface area contributed by atoms with E-state index in [1.165, 1.54) is 12.0 Å². The van der Waals surface area contributed by atoms with Gasteiger partial charge in [0.2, 0.25) is 5.91 Å². The Balaban J connectivity index is 2.41. The van der Waals surface area contributed by atoms with Gasteiger partial charge in [-0.1, -0.05) is 11.6 Å². The molecule has 0 saturated carbocycles. The lowest BCUT2D eigenvalue weighted by atomic mass is 10.1. The van der Waals surface area contributed by atoms with E-state index >= 15 is 0 Å². The van der Waals surface area contributed by atoms with Crippen molar-refractivity contribution < 1.29 is 14.3 Å². The maximum absolute atomic E-state index is 11.8. The first-order chi connectivity index (χ1) is 8.52. The van der Waals surface area contributed by atoms with Gasteiger partial charge in [-0.2, -0.15) is 0 Å². The molecule has 1 aliphatic heterocycles. The summed E-state index contributed by atoms with van der Waals surface area (Å²) in [5, 5.41) is 2.85. The molecule has 5 nitrogen and oxygen atoms in total. The standard InChI is InChI=1S/C12H13ClN2O3/c1-7-5-9(10(18-2)6-8(7)13)15-4-3-11(16)14-12(15)17/h5-6H,3-4H2,1-2H3,(H,14,16,17). The molecule has 6 heteroatoms. The van der Waals surface area contributed by atoms with E-state index in [0.29, 0.717) is 23.0 Å². The lowest BCUT2D eigenvalue weighted by molar-refractivity contribution is -0.120. The Bertz CT molecular complexity index is 516. The molecule has 96 valence electrons. The van der Waals surface area contributed by atoms with E-state index in [0.717, 1.165) is 5.56 Å². The van der Waals surface area contributed by atoms with Gasteiger partial charge in [0.1, 0.15) is 5.75 Å². The van der Waals surface area contributed by atoms with Crippen LogP contribution in [0.25, 0.3) is 0 Å². The number of methoxy groups -OCH3 is 1. The van der Waals surface area contributed by atoms with E-state index < -0.39 is 6.03 Å². The number of nitrogens with zero attached hydrogens (tertiary/aromatic N) is 1. The van der Waals surface area contributed by atoms with Crippen molar-refractivity contribution in [2.75, 3.05) is 18.6 Å². The lowest BCUT2D eigenvalue weighted by Gasteiger charge is -2.28. The van der Waals surface area contributed by atoms with Gasteiger partial charge < -0.3 is 4.74 Å². The summed E-state index contributed by atoms with van der Waals surface area (Å²) < 4.78 is 5.22. The molecular weight excluding hydrogens is 256 g/mol. The fourth-order valence-electron chi connectivity index (χ4n) is 1.82. The van der Waals surface area contributed by atoms with E-state index in [4.69, 9.17) is 16.3 Å². The van der Waals surface area contributed by atoms with Crippen LogP contribution < -0.4 is 15.0 Å². The van der Waals surface area contributed by atoms with Crippen LogP contribution in [-0.4, -0.2) is 25.6 Å². The number of amides is 3. The Kier molecular flexibility index (Phi) is 3.43. The Labute approximate surface area is 110 Å². The van der Waals surface area contributed by atoms with Gasteiger partial charge in [-0.05, 0) is 18.6 Å². The largest absolute Gasteiger partial charge is 0.495 e. The average molecular weight is 269 g/mol. The van der Waals surface area contributed by atoms with Gasteiger partial charge in [0.05, 0.1) is 12.8 Å². The summed E-state index contributed by atoms with van der Waals surface area (Å²) in [7, 11) is 1.51. The van der Waals surface area contributed by atoms with Crippen LogP contribution in [0.15, 0.2) is 12.1 Å². The number of carbonyl (C=O) groups excluding carboxylic acids is 2. The normalized spacial score (nSPS) is 15.6. The summed E-state index contributed by atoms with van der Waals surface area (Å²) in [6.07, 6.45) is 0.274. The maximum atomic E-state index is 11.8. The Morgan fingerprint density at radius 3 is 2.72 bits per heavy atom. The fraction of sp³-hybridized carbons (Fsp3) is 0.333. The highest BCUT2D eigenvalue weighted by Gasteiger charge is 2.26. The lowest BCUT2D eigenvalue weighted by Crippen LogP contribution is -2.49. The van der Waals surface area contributed by atoms with Crippen LogP contribution >= 0.6 is 11.6 Å². The maximum Gasteiger partial charge on any atom is 0.328 e. The van der Waals surface area contributed by atoms with Crippen LogP contribution in [0.3, 0.4) is 0 Å². The zero-order chi connectivity index (χ0) is 13.3. The van der Waals surface area contributed by atoms with Crippen LogP contribution in [0.1, 0.15) is 12.0 Å². The van der Waals surface area contributed by atoms with Crippen molar-refractivity contribution in [1.29, 1.82) is 0 Å². The predicted octanol–water partition coefficient (Wildman–Crippen LogP) is 2.10. The molecule has 1 aromatic carbocycles. The third kappa shape index (κ3) is 2.26. The first-order valence-electron chi connectivity index (χ1n) is 5.48. The van der Waals surface area contributed by atoms with Crippen LogP contribution in [-0.2, 0) is 4.79 Å². The topological polar surface area (TPSA) is 58.6 Å². The number of hydrogen-bond donors (Lipinski definition) is 1. The van der Waals surface area contributed by atoms with Gasteiger partial charge in [-0.3, -0.25) is 15.0 Å². The highest BCUT2D eigenvalue weighted by atomic mass is 35.5. The van der Waals surface area contributed by atoms with Crippen molar-refractivity contribution in [3.63, 3.8) is 0 Å². The third-order valence-electron chi connectivity index (χ3n) is 2.80. The molecule has 0 aromatic heterocycles. The number of rotatable bonds is 2. The quantitative estimate of drug-likeness (QED) is 0.894. The monoisotopic (exact) mass is 268 g/mol. The number of imide groups is 1. The number of carbonyl (C=O) groups is 2. The van der Waals surface area contributed by atoms with Gasteiger partial charge >= 0.3 is 6.03 Å². The second kappa shape index (κ2) is 4.86. The van der Waals surface area contributed by atoms with Crippen LogP contribution in [0.4, 0.5) is 10.5 Å². The second-order valence-corrected chi connectivity index (χ2v) is 4.44. The van der Waals surface area contributed by atoms with Gasteiger partial charge in [0.25, 0.3) is 0 Å². The number of anilines is 1. The smallest absolute Gasteiger partial charge is 0.328 e. The Morgan fingerprint density at radius 2 is 2.11 bits per heavy atom. The number of halogens is 1. The summed E-state index contributed by atoms with van der Waals surface area (Å²) in [5.41, 5.74) is 1.46. The number of nitrogens with one attached hydrogen (secondary N) is 1. The van der Waals surface area contributed by atoms with Gasteiger partial charge in [-0.15, -0.1) is 0 Å². The van der Waals surface area contributed by atoms with Crippen molar-refractivity contribution in [2.24, 2.45) is 0 Å². The predicted molar refractivity (Wildman–Crippen MR) is 68.2 cm³/mol. The molecule has 2 rings (SSSR count). The van der Waals surface area contributed by atoms with E-state index in [9.17, 15) is 9.59 Å². The van der Waals surface area contributed by atoms with Crippen LogP contribution in [0.5, 0.6) is 5.75 Å². The molecule has 1 fully saturated rings. The van der Waals surface area contributed by atoms with Crippen molar-refractivity contribution in [1.82, 2.24) is 5.32 Å². The zero-order valence-corrected chi connectivity index (χ0v) is 10.9. The Hall–Kier alpha value is -1.75. The summed E-state index contributed by atoms with van der Waals surface area (Å²) in [5.74, 6) is 0.246. The van der Waals surface area contributed by atoms with Crippen molar-refractivity contribution in [3.05, 3.63) is 22.7 Å².